The first-order chi connectivity index (χ1) is 13.2. The molecule has 2 aliphatic heterocycles. The second-order valence-corrected chi connectivity index (χ2v) is 8.12. The molecule has 2 heterocycles. The lowest BCUT2D eigenvalue weighted by molar-refractivity contribution is -0.138. The summed E-state index contributed by atoms with van der Waals surface area (Å²) >= 11 is 0. The number of fused-ring (bicyclic) bond motifs is 1. The van der Waals surface area contributed by atoms with Gasteiger partial charge < -0.3 is 4.90 Å². The number of likely N-dealkylation sites (tertiary alicyclic amines) is 1. The second-order valence-electron chi connectivity index (χ2n) is 8.12. The Labute approximate surface area is 163 Å². The molecule has 27 heavy (non-hydrogen) atoms. The number of benzene rings is 2. The third-order valence-electron chi connectivity index (χ3n) is 6.36. The van der Waals surface area contributed by atoms with Crippen molar-refractivity contribution in [3.63, 3.8) is 0 Å². The SMILES string of the molecule is C[C@@H](C(=O)N1CCc2ccccc2C1)N1CCC(Cc2ccccc2)CC1. The van der Waals surface area contributed by atoms with Crippen LogP contribution in [0.5, 0.6) is 0 Å². The Kier molecular flexibility index (Phi) is 5.58. The summed E-state index contributed by atoms with van der Waals surface area (Å²) in [5.41, 5.74) is 4.15. The fraction of sp³-hybridized carbons (Fsp3) is 0.458. The molecule has 3 heteroatoms. The lowest BCUT2D eigenvalue weighted by atomic mass is 9.89. The van der Waals surface area contributed by atoms with Crippen LogP contribution in [0.3, 0.4) is 0 Å². The molecule has 0 aliphatic carbocycles. The van der Waals surface area contributed by atoms with Gasteiger partial charge in [-0.25, -0.2) is 0 Å². The molecule has 1 amide bonds. The van der Waals surface area contributed by atoms with Gasteiger partial charge in [0.15, 0.2) is 0 Å². The molecule has 0 radical (unpaired) electrons. The maximum absolute atomic E-state index is 13.1. The topological polar surface area (TPSA) is 23.6 Å². The molecule has 1 fully saturated rings. The minimum Gasteiger partial charge on any atom is -0.337 e. The smallest absolute Gasteiger partial charge is 0.239 e. The summed E-state index contributed by atoms with van der Waals surface area (Å²) in [6.45, 7) is 5.79. The zero-order chi connectivity index (χ0) is 18.6. The van der Waals surface area contributed by atoms with Crippen LogP contribution in [0.1, 0.15) is 36.5 Å². The van der Waals surface area contributed by atoms with Gasteiger partial charge in [0.25, 0.3) is 0 Å². The van der Waals surface area contributed by atoms with Crippen molar-refractivity contribution in [2.75, 3.05) is 19.6 Å². The molecule has 0 saturated carbocycles. The summed E-state index contributed by atoms with van der Waals surface area (Å²) in [7, 11) is 0. The van der Waals surface area contributed by atoms with Gasteiger partial charge in [0.05, 0.1) is 6.04 Å². The molecule has 0 aromatic heterocycles. The number of rotatable bonds is 4. The first kappa shape index (κ1) is 18.2. The van der Waals surface area contributed by atoms with Crippen molar-refractivity contribution < 1.29 is 4.79 Å². The van der Waals surface area contributed by atoms with E-state index in [2.05, 4.69) is 71.3 Å². The van der Waals surface area contributed by atoms with Gasteiger partial charge in [-0.2, -0.15) is 0 Å². The predicted molar refractivity (Wildman–Crippen MR) is 109 cm³/mol. The zero-order valence-electron chi connectivity index (χ0n) is 16.3. The Morgan fingerprint density at radius 1 is 0.963 bits per heavy atom. The molecule has 3 nitrogen and oxygen atoms in total. The van der Waals surface area contributed by atoms with E-state index in [1.54, 1.807) is 0 Å². The van der Waals surface area contributed by atoms with Crippen molar-refractivity contribution in [2.24, 2.45) is 5.92 Å². The lowest BCUT2D eigenvalue weighted by Crippen LogP contribution is -2.50. The Hall–Kier alpha value is -2.13. The summed E-state index contributed by atoms with van der Waals surface area (Å²) in [5, 5.41) is 0. The highest BCUT2D eigenvalue weighted by Gasteiger charge is 2.30. The number of hydrogen-bond donors (Lipinski definition) is 0. The summed E-state index contributed by atoms with van der Waals surface area (Å²) in [4.78, 5) is 17.5. The van der Waals surface area contributed by atoms with Gasteiger partial charge in [0.1, 0.15) is 0 Å². The standard InChI is InChI=1S/C24H30N2O/c1-19(24(27)26-16-13-22-9-5-6-10-23(22)18-26)25-14-11-21(12-15-25)17-20-7-3-2-4-8-20/h2-10,19,21H,11-18H2,1H3/t19-/m0/s1. The average molecular weight is 363 g/mol. The van der Waals surface area contributed by atoms with E-state index < -0.39 is 0 Å². The van der Waals surface area contributed by atoms with Gasteiger partial charge in [0.2, 0.25) is 5.91 Å². The quantitative estimate of drug-likeness (QED) is 0.823. The van der Waals surface area contributed by atoms with Crippen molar-refractivity contribution in [2.45, 2.75) is 45.2 Å². The molecule has 2 aromatic carbocycles. The van der Waals surface area contributed by atoms with Crippen LogP contribution >= 0.6 is 0 Å². The maximum atomic E-state index is 13.1. The number of nitrogens with zero attached hydrogens (tertiary/aromatic N) is 2. The zero-order valence-corrected chi connectivity index (χ0v) is 16.3. The Bertz CT molecular complexity index is 765. The summed E-state index contributed by atoms with van der Waals surface area (Å²) in [5.74, 6) is 1.04. The van der Waals surface area contributed by atoms with Crippen molar-refractivity contribution in [1.82, 2.24) is 9.80 Å². The van der Waals surface area contributed by atoms with Crippen LogP contribution in [0.25, 0.3) is 0 Å². The second kappa shape index (κ2) is 8.26. The molecule has 2 aliphatic rings. The normalized spacial score (nSPS) is 19.5. The predicted octanol–water partition coefficient (Wildman–Crippen LogP) is 3.91. The molecular weight excluding hydrogens is 332 g/mol. The van der Waals surface area contributed by atoms with E-state index in [1.165, 1.54) is 36.0 Å². The molecule has 2 aromatic rings. The minimum atomic E-state index is -0.00654. The van der Waals surface area contributed by atoms with Crippen LogP contribution < -0.4 is 0 Å². The van der Waals surface area contributed by atoms with Gasteiger partial charge in [0, 0.05) is 13.1 Å². The molecule has 0 spiro atoms. The van der Waals surface area contributed by atoms with Crippen molar-refractivity contribution >= 4 is 5.91 Å². The number of hydrogen-bond acceptors (Lipinski definition) is 2. The molecule has 4 rings (SSSR count). The van der Waals surface area contributed by atoms with Gasteiger partial charge >= 0.3 is 0 Å². The van der Waals surface area contributed by atoms with E-state index in [-0.39, 0.29) is 6.04 Å². The van der Waals surface area contributed by atoms with Crippen LogP contribution in [0.4, 0.5) is 0 Å². The lowest BCUT2D eigenvalue weighted by Gasteiger charge is -2.38. The number of carbonyl (C=O) groups is 1. The fourth-order valence-corrected chi connectivity index (χ4v) is 4.60. The Morgan fingerprint density at radius 2 is 1.63 bits per heavy atom. The summed E-state index contributed by atoms with van der Waals surface area (Å²) < 4.78 is 0. The molecule has 1 atom stereocenters. The van der Waals surface area contributed by atoms with Crippen molar-refractivity contribution in [3.8, 4) is 0 Å². The molecule has 0 unspecified atom stereocenters. The van der Waals surface area contributed by atoms with E-state index in [4.69, 9.17) is 0 Å². The van der Waals surface area contributed by atoms with Gasteiger partial charge in [-0.05, 0) is 68.3 Å². The third kappa shape index (κ3) is 4.24. The number of amides is 1. The van der Waals surface area contributed by atoms with Gasteiger partial charge in [-0.1, -0.05) is 54.6 Å². The summed E-state index contributed by atoms with van der Waals surface area (Å²) in [6, 6.07) is 19.3. The molecule has 142 valence electrons. The number of carbonyl (C=O) groups excluding carboxylic acids is 1. The molecule has 0 bridgehead atoms. The molecule has 0 N–H and O–H groups in total. The number of piperidine rings is 1. The van der Waals surface area contributed by atoms with E-state index >= 15 is 0 Å². The largest absolute Gasteiger partial charge is 0.337 e. The average Bonchev–Trinajstić information content (AvgIpc) is 2.73. The highest BCUT2D eigenvalue weighted by molar-refractivity contribution is 5.81. The van der Waals surface area contributed by atoms with Crippen LogP contribution in [-0.2, 0) is 24.2 Å². The monoisotopic (exact) mass is 362 g/mol. The van der Waals surface area contributed by atoms with Crippen LogP contribution in [0.2, 0.25) is 0 Å². The highest BCUT2D eigenvalue weighted by Crippen LogP contribution is 2.25. The van der Waals surface area contributed by atoms with Gasteiger partial charge in [-0.3, -0.25) is 9.69 Å². The van der Waals surface area contributed by atoms with E-state index in [1.807, 2.05) is 0 Å². The first-order valence-corrected chi connectivity index (χ1v) is 10.3. The van der Waals surface area contributed by atoms with Crippen LogP contribution in [0, 0.1) is 5.92 Å². The summed E-state index contributed by atoms with van der Waals surface area (Å²) in [6.07, 6.45) is 4.53. The third-order valence-corrected chi connectivity index (χ3v) is 6.36. The van der Waals surface area contributed by atoms with Crippen molar-refractivity contribution in [1.29, 1.82) is 0 Å². The molecule has 1 saturated heterocycles. The highest BCUT2D eigenvalue weighted by atomic mass is 16.2. The maximum Gasteiger partial charge on any atom is 0.239 e. The van der Waals surface area contributed by atoms with E-state index in [0.29, 0.717) is 5.91 Å². The van der Waals surface area contributed by atoms with Crippen LogP contribution in [0.15, 0.2) is 54.6 Å². The van der Waals surface area contributed by atoms with Gasteiger partial charge in [-0.15, -0.1) is 0 Å². The van der Waals surface area contributed by atoms with E-state index in [9.17, 15) is 4.79 Å². The van der Waals surface area contributed by atoms with Crippen molar-refractivity contribution in [3.05, 3.63) is 71.3 Å². The van der Waals surface area contributed by atoms with Crippen LogP contribution in [-0.4, -0.2) is 41.4 Å². The Balaban J connectivity index is 1.30. The molecular formula is C24H30N2O. The fourth-order valence-electron chi connectivity index (χ4n) is 4.60. The minimum absolute atomic E-state index is 0.00654. The first-order valence-electron chi connectivity index (χ1n) is 10.3. The Morgan fingerprint density at radius 3 is 2.37 bits per heavy atom. The van der Waals surface area contributed by atoms with E-state index in [0.717, 1.165) is 38.5 Å².